The molecule has 0 aromatic heterocycles. The Kier molecular flexibility index (Phi) is 3.75. The number of amides is 1. The van der Waals surface area contributed by atoms with E-state index in [2.05, 4.69) is 5.32 Å². The van der Waals surface area contributed by atoms with Gasteiger partial charge in [0.05, 0.1) is 12.3 Å². The summed E-state index contributed by atoms with van der Waals surface area (Å²) in [5.41, 5.74) is 0.215. The first-order valence-electron chi connectivity index (χ1n) is 8.68. The van der Waals surface area contributed by atoms with Crippen molar-refractivity contribution in [2.75, 3.05) is 5.32 Å². The van der Waals surface area contributed by atoms with E-state index in [1.54, 1.807) is 0 Å². The van der Waals surface area contributed by atoms with Gasteiger partial charge in [-0.3, -0.25) is 9.59 Å². The van der Waals surface area contributed by atoms with Crippen molar-refractivity contribution in [3.63, 3.8) is 0 Å². The van der Waals surface area contributed by atoms with Gasteiger partial charge in [-0.15, -0.1) is 0 Å². The lowest BCUT2D eigenvalue weighted by Gasteiger charge is -2.36. The Bertz CT molecular complexity index is 787. The predicted octanol–water partition coefficient (Wildman–Crippen LogP) is 4.04. The molecule has 1 amide bonds. The lowest BCUT2D eigenvalue weighted by Crippen LogP contribution is -2.43. The van der Waals surface area contributed by atoms with Gasteiger partial charge in [-0.25, -0.2) is 0 Å². The zero-order valence-corrected chi connectivity index (χ0v) is 13.6. The van der Waals surface area contributed by atoms with Crippen LogP contribution in [-0.4, -0.2) is 17.5 Å². The molecule has 24 heavy (non-hydrogen) atoms. The van der Waals surface area contributed by atoms with Gasteiger partial charge in [-0.2, -0.15) is 0 Å². The third-order valence-electron chi connectivity index (χ3n) is 5.39. The van der Waals surface area contributed by atoms with E-state index in [0.717, 1.165) is 48.6 Å². The van der Waals surface area contributed by atoms with Gasteiger partial charge in [-0.1, -0.05) is 42.8 Å². The fourth-order valence-corrected chi connectivity index (χ4v) is 4.18. The molecule has 2 aliphatic rings. The molecule has 1 saturated heterocycles. The minimum Gasteiger partial charge on any atom is -0.458 e. The summed E-state index contributed by atoms with van der Waals surface area (Å²) in [6.07, 6.45) is 4.98. The Labute approximate surface area is 141 Å². The maximum Gasteiger partial charge on any atom is 0.307 e. The molecule has 0 bridgehead atoms. The number of anilines is 1. The van der Waals surface area contributed by atoms with Gasteiger partial charge in [0.15, 0.2) is 0 Å². The summed E-state index contributed by atoms with van der Waals surface area (Å²) < 4.78 is 5.65. The van der Waals surface area contributed by atoms with Crippen LogP contribution in [0.15, 0.2) is 42.5 Å². The minimum absolute atomic E-state index is 0.0981. The van der Waals surface area contributed by atoms with Gasteiger partial charge >= 0.3 is 5.97 Å². The number of rotatable bonds is 2. The second kappa shape index (κ2) is 5.93. The van der Waals surface area contributed by atoms with Crippen LogP contribution in [-0.2, 0) is 14.3 Å². The molecule has 0 radical (unpaired) electrons. The third-order valence-corrected chi connectivity index (χ3v) is 5.39. The number of nitrogens with one attached hydrogen (secondary N) is 1. The Morgan fingerprint density at radius 3 is 2.62 bits per heavy atom. The molecule has 1 saturated carbocycles. The number of carbonyl (C=O) groups is 2. The molecule has 1 unspecified atom stereocenters. The number of hydrogen-bond acceptors (Lipinski definition) is 3. The van der Waals surface area contributed by atoms with Crippen LogP contribution in [0.2, 0.25) is 0 Å². The largest absolute Gasteiger partial charge is 0.458 e. The minimum atomic E-state index is -0.579. The van der Waals surface area contributed by atoms with Crippen LogP contribution in [0.3, 0.4) is 0 Å². The highest BCUT2D eigenvalue weighted by molar-refractivity contribution is 6.04. The van der Waals surface area contributed by atoms with Gasteiger partial charge < -0.3 is 10.1 Å². The van der Waals surface area contributed by atoms with Crippen molar-refractivity contribution in [3.8, 4) is 0 Å². The van der Waals surface area contributed by atoms with Gasteiger partial charge in [0.1, 0.15) is 5.60 Å². The summed E-state index contributed by atoms with van der Waals surface area (Å²) in [6, 6.07) is 13.8. The van der Waals surface area contributed by atoms with Crippen LogP contribution in [0.25, 0.3) is 10.8 Å². The molecule has 1 spiro atoms. The van der Waals surface area contributed by atoms with Crippen LogP contribution in [0.4, 0.5) is 5.69 Å². The maximum atomic E-state index is 12.9. The van der Waals surface area contributed by atoms with Crippen molar-refractivity contribution in [3.05, 3.63) is 42.5 Å². The van der Waals surface area contributed by atoms with E-state index in [0.29, 0.717) is 0 Å². The van der Waals surface area contributed by atoms with Crippen molar-refractivity contribution in [1.82, 2.24) is 0 Å². The molecule has 2 aromatic rings. The third kappa shape index (κ3) is 2.56. The first kappa shape index (κ1) is 15.2. The lowest BCUT2D eigenvalue weighted by atomic mass is 9.75. The van der Waals surface area contributed by atoms with Crippen molar-refractivity contribution in [1.29, 1.82) is 0 Å². The molecule has 2 fully saturated rings. The molecule has 124 valence electrons. The van der Waals surface area contributed by atoms with Gasteiger partial charge in [0, 0.05) is 11.1 Å². The number of benzene rings is 2. The van der Waals surface area contributed by atoms with E-state index < -0.39 is 5.60 Å². The SMILES string of the molecule is O=C1CC(C(=O)Nc2cccc3ccccc23)C2(CCCCC2)O1. The molecule has 1 N–H and O–H groups in total. The molecule has 1 aliphatic heterocycles. The Morgan fingerprint density at radius 2 is 1.79 bits per heavy atom. The summed E-state index contributed by atoms with van der Waals surface area (Å²) >= 11 is 0. The van der Waals surface area contributed by atoms with Crippen LogP contribution in [0.1, 0.15) is 38.5 Å². The Morgan fingerprint density at radius 1 is 1.04 bits per heavy atom. The normalized spacial score (nSPS) is 22.5. The second-order valence-electron chi connectivity index (χ2n) is 6.87. The highest BCUT2D eigenvalue weighted by atomic mass is 16.6. The summed E-state index contributed by atoms with van der Waals surface area (Å²) in [4.78, 5) is 24.8. The predicted molar refractivity (Wildman–Crippen MR) is 92.6 cm³/mol. The Balaban J connectivity index is 1.62. The van der Waals surface area contributed by atoms with Gasteiger partial charge in [-0.05, 0) is 37.1 Å². The van der Waals surface area contributed by atoms with Crippen molar-refractivity contribution < 1.29 is 14.3 Å². The topological polar surface area (TPSA) is 55.4 Å². The summed E-state index contributed by atoms with van der Waals surface area (Å²) in [5.74, 6) is -0.724. The Hall–Kier alpha value is -2.36. The highest BCUT2D eigenvalue weighted by Gasteiger charge is 2.52. The lowest BCUT2D eigenvalue weighted by molar-refractivity contribution is -0.153. The first-order chi connectivity index (χ1) is 11.7. The fourth-order valence-electron chi connectivity index (χ4n) is 4.18. The number of fused-ring (bicyclic) bond motifs is 1. The van der Waals surface area contributed by atoms with E-state index in [-0.39, 0.29) is 24.2 Å². The number of ether oxygens (including phenoxy) is 1. The summed E-state index contributed by atoms with van der Waals surface area (Å²) in [7, 11) is 0. The average molecular weight is 323 g/mol. The molecule has 1 aliphatic carbocycles. The van der Waals surface area contributed by atoms with E-state index in [1.807, 2.05) is 42.5 Å². The smallest absolute Gasteiger partial charge is 0.307 e. The highest BCUT2D eigenvalue weighted by Crippen LogP contribution is 2.44. The monoisotopic (exact) mass is 323 g/mol. The maximum absolute atomic E-state index is 12.9. The zero-order chi connectivity index (χ0) is 16.6. The quantitative estimate of drug-likeness (QED) is 0.849. The number of carbonyl (C=O) groups excluding carboxylic acids is 2. The molecule has 1 atom stereocenters. The van der Waals surface area contributed by atoms with E-state index in [1.165, 1.54) is 0 Å². The van der Waals surface area contributed by atoms with E-state index >= 15 is 0 Å². The van der Waals surface area contributed by atoms with Crippen molar-refractivity contribution >= 4 is 28.3 Å². The van der Waals surface area contributed by atoms with Crippen LogP contribution >= 0.6 is 0 Å². The fraction of sp³-hybridized carbons (Fsp3) is 0.400. The molecule has 1 heterocycles. The average Bonchev–Trinajstić information content (AvgIpc) is 2.91. The van der Waals surface area contributed by atoms with E-state index in [4.69, 9.17) is 4.74 Å². The van der Waals surface area contributed by atoms with Crippen LogP contribution in [0.5, 0.6) is 0 Å². The van der Waals surface area contributed by atoms with Crippen molar-refractivity contribution in [2.45, 2.75) is 44.1 Å². The number of esters is 1. The molecular formula is C20H21NO3. The van der Waals surface area contributed by atoms with Crippen LogP contribution in [0, 0.1) is 5.92 Å². The molecule has 4 rings (SSSR count). The first-order valence-corrected chi connectivity index (χ1v) is 8.68. The second-order valence-corrected chi connectivity index (χ2v) is 6.87. The van der Waals surface area contributed by atoms with Gasteiger partial charge in [0.2, 0.25) is 5.91 Å². The molecule has 2 aromatic carbocycles. The van der Waals surface area contributed by atoms with Crippen LogP contribution < -0.4 is 5.32 Å². The van der Waals surface area contributed by atoms with Gasteiger partial charge in [0.25, 0.3) is 0 Å². The summed E-state index contributed by atoms with van der Waals surface area (Å²) in [6.45, 7) is 0. The van der Waals surface area contributed by atoms with Crippen molar-refractivity contribution in [2.24, 2.45) is 5.92 Å². The van der Waals surface area contributed by atoms with E-state index in [9.17, 15) is 9.59 Å². The number of hydrogen-bond donors (Lipinski definition) is 1. The standard InChI is InChI=1S/C20H21NO3/c22-18-13-16(20(24-18)11-4-1-5-12-20)19(23)21-17-10-6-8-14-7-2-3-9-15(14)17/h2-3,6-10,16H,1,4-5,11-13H2,(H,21,23). The zero-order valence-electron chi connectivity index (χ0n) is 13.6. The summed E-state index contributed by atoms with van der Waals surface area (Å²) in [5, 5.41) is 5.14. The molecule has 4 nitrogen and oxygen atoms in total. The molecular weight excluding hydrogens is 302 g/mol. The molecule has 4 heteroatoms.